The van der Waals surface area contributed by atoms with E-state index in [1.54, 1.807) is 6.08 Å². The van der Waals surface area contributed by atoms with E-state index < -0.39 is 0 Å². The molecule has 1 heterocycles. The molecule has 1 unspecified atom stereocenters. The maximum atomic E-state index is 11.9. The van der Waals surface area contributed by atoms with E-state index in [1.165, 1.54) is 18.4 Å². The third-order valence-electron chi connectivity index (χ3n) is 4.27. The summed E-state index contributed by atoms with van der Waals surface area (Å²) < 4.78 is 0. The van der Waals surface area contributed by atoms with Gasteiger partial charge >= 0.3 is 0 Å². The number of aryl methyl sites for hydroxylation is 1. The molecule has 1 aliphatic rings. The molecular formula is C20H30N2O. The van der Waals surface area contributed by atoms with Crippen LogP contribution in [-0.2, 0) is 11.2 Å². The van der Waals surface area contributed by atoms with Crippen LogP contribution in [0.5, 0.6) is 0 Å². The van der Waals surface area contributed by atoms with Crippen LogP contribution in [0.25, 0.3) is 0 Å². The van der Waals surface area contributed by atoms with E-state index in [1.807, 2.05) is 6.08 Å². The molecule has 1 N–H and O–H groups in total. The van der Waals surface area contributed by atoms with Crippen LogP contribution in [0.3, 0.4) is 0 Å². The summed E-state index contributed by atoms with van der Waals surface area (Å²) in [7, 11) is 0. The molecule has 2 rings (SSSR count). The van der Waals surface area contributed by atoms with E-state index >= 15 is 0 Å². The van der Waals surface area contributed by atoms with Gasteiger partial charge in [0.15, 0.2) is 0 Å². The lowest BCUT2D eigenvalue weighted by Crippen LogP contribution is -2.47. The zero-order chi connectivity index (χ0) is 16.5. The first-order valence-electron chi connectivity index (χ1n) is 8.88. The molecule has 0 aliphatic carbocycles. The lowest BCUT2D eigenvalue weighted by Gasteiger charge is -2.33. The van der Waals surface area contributed by atoms with E-state index in [2.05, 4.69) is 54.4 Å². The average Bonchev–Trinajstić information content (AvgIpc) is 2.54. The minimum atomic E-state index is 0.0508. The van der Waals surface area contributed by atoms with Crippen molar-refractivity contribution in [2.75, 3.05) is 19.6 Å². The zero-order valence-corrected chi connectivity index (χ0v) is 14.5. The Morgan fingerprint density at radius 3 is 2.87 bits per heavy atom. The van der Waals surface area contributed by atoms with Crippen molar-refractivity contribution in [3.8, 4) is 0 Å². The van der Waals surface area contributed by atoms with Crippen molar-refractivity contribution < 1.29 is 4.79 Å². The third kappa shape index (κ3) is 7.00. The van der Waals surface area contributed by atoms with Gasteiger partial charge in [-0.15, -0.1) is 0 Å². The van der Waals surface area contributed by atoms with Crippen LogP contribution in [0, 0.1) is 5.92 Å². The van der Waals surface area contributed by atoms with Gasteiger partial charge in [-0.2, -0.15) is 0 Å². The molecule has 1 aromatic rings. The maximum absolute atomic E-state index is 11.9. The molecule has 0 radical (unpaired) electrons. The SMILES string of the molecule is CC(C)/C=C/C(=O)NC1CCCN(CCCc2ccccc2)C1. The van der Waals surface area contributed by atoms with E-state index in [0.717, 1.165) is 32.5 Å². The molecule has 0 spiro atoms. The molecule has 1 amide bonds. The fraction of sp³-hybridized carbons (Fsp3) is 0.550. The van der Waals surface area contributed by atoms with Crippen LogP contribution in [0.1, 0.15) is 38.7 Å². The topological polar surface area (TPSA) is 32.3 Å². The molecule has 0 aromatic heterocycles. The van der Waals surface area contributed by atoms with E-state index in [0.29, 0.717) is 12.0 Å². The fourth-order valence-electron chi connectivity index (χ4n) is 3.06. The first-order chi connectivity index (χ1) is 11.1. The van der Waals surface area contributed by atoms with Gasteiger partial charge in [-0.1, -0.05) is 50.3 Å². The van der Waals surface area contributed by atoms with Crippen molar-refractivity contribution in [1.29, 1.82) is 0 Å². The number of likely N-dealkylation sites (tertiary alicyclic amines) is 1. The quantitative estimate of drug-likeness (QED) is 0.782. The van der Waals surface area contributed by atoms with Gasteiger partial charge < -0.3 is 10.2 Å². The number of nitrogens with zero attached hydrogens (tertiary/aromatic N) is 1. The number of piperidine rings is 1. The molecule has 0 bridgehead atoms. The average molecular weight is 314 g/mol. The number of carbonyl (C=O) groups is 1. The molecule has 23 heavy (non-hydrogen) atoms. The predicted molar refractivity (Wildman–Crippen MR) is 96.3 cm³/mol. The number of allylic oxidation sites excluding steroid dienone is 1. The van der Waals surface area contributed by atoms with Crippen LogP contribution in [-0.4, -0.2) is 36.5 Å². The van der Waals surface area contributed by atoms with Gasteiger partial charge in [0.25, 0.3) is 0 Å². The number of benzene rings is 1. The van der Waals surface area contributed by atoms with Gasteiger partial charge in [-0.25, -0.2) is 0 Å². The normalized spacial score (nSPS) is 19.3. The second kappa shape index (κ2) is 9.51. The standard InChI is InChI=1S/C20H30N2O/c1-17(2)12-13-20(23)21-19-11-7-15-22(16-19)14-6-10-18-8-4-3-5-9-18/h3-5,8-9,12-13,17,19H,6-7,10-11,14-16H2,1-2H3,(H,21,23)/b13-12+. The fourth-order valence-corrected chi connectivity index (χ4v) is 3.06. The highest BCUT2D eigenvalue weighted by Gasteiger charge is 2.20. The summed E-state index contributed by atoms with van der Waals surface area (Å²) in [4.78, 5) is 14.4. The van der Waals surface area contributed by atoms with Crippen LogP contribution < -0.4 is 5.32 Å². The molecule has 1 aromatic carbocycles. The predicted octanol–water partition coefficient (Wildman–Crippen LogP) is 3.41. The zero-order valence-electron chi connectivity index (χ0n) is 14.5. The molecule has 0 saturated carbocycles. The number of rotatable bonds is 7. The smallest absolute Gasteiger partial charge is 0.243 e. The number of amides is 1. The highest BCUT2D eigenvalue weighted by molar-refractivity contribution is 5.87. The van der Waals surface area contributed by atoms with Crippen molar-refractivity contribution in [2.24, 2.45) is 5.92 Å². The second-order valence-electron chi connectivity index (χ2n) is 6.84. The van der Waals surface area contributed by atoms with Gasteiger partial charge in [0, 0.05) is 12.6 Å². The van der Waals surface area contributed by atoms with Crippen molar-refractivity contribution in [1.82, 2.24) is 10.2 Å². The summed E-state index contributed by atoms with van der Waals surface area (Å²) in [6.45, 7) is 7.42. The van der Waals surface area contributed by atoms with Gasteiger partial charge in [-0.3, -0.25) is 4.79 Å². The van der Waals surface area contributed by atoms with Gasteiger partial charge in [-0.05, 0) is 56.3 Å². The Kier molecular flexibility index (Phi) is 7.34. The lowest BCUT2D eigenvalue weighted by molar-refractivity contribution is -0.117. The maximum Gasteiger partial charge on any atom is 0.243 e. The van der Waals surface area contributed by atoms with Crippen molar-refractivity contribution in [3.63, 3.8) is 0 Å². The summed E-state index contributed by atoms with van der Waals surface area (Å²) in [6, 6.07) is 11.0. The Labute approximate surface area is 140 Å². The second-order valence-corrected chi connectivity index (χ2v) is 6.84. The highest BCUT2D eigenvalue weighted by atomic mass is 16.1. The van der Waals surface area contributed by atoms with Gasteiger partial charge in [0.2, 0.25) is 5.91 Å². The number of nitrogens with one attached hydrogen (secondary N) is 1. The first kappa shape index (κ1) is 17.7. The summed E-state index contributed by atoms with van der Waals surface area (Å²) in [5.74, 6) is 0.469. The Morgan fingerprint density at radius 1 is 1.35 bits per heavy atom. The van der Waals surface area contributed by atoms with Crippen molar-refractivity contribution in [2.45, 2.75) is 45.6 Å². The molecule has 1 saturated heterocycles. The molecule has 1 fully saturated rings. The molecular weight excluding hydrogens is 284 g/mol. The number of carbonyl (C=O) groups excluding carboxylic acids is 1. The monoisotopic (exact) mass is 314 g/mol. The minimum absolute atomic E-state index is 0.0508. The summed E-state index contributed by atoms with van der Waals surface area (Å²) in [5.41, 5.74) is 1.41. The summed E-state index contributed by atoms with van der Waals surface area (Å²) in [5, 5.41) is 3.14. The van der Waals surface area contributed by atoms with E-state index in [9.17, 15) is 4.79 Å². The van der Waals surface area contributed by atoms with Crippen molar-refractivity contribution in [3.05, 3.63) is 48.0 Å². The Bertz CT molecular complexity index is 496. The summed E-state index contributed by atoms with van der Waals surface area (Å²) >= 11 is 0. The molecule has 3 nitrogen and oxygen atoms in total. The lowest BCUT2D eigenvalue weighted by atomic mass is 10.0. The molecule has 1 aliphatic heterocycles. The van der Waals surface area contributed by atoms with E-state index in [-0.39, 0.29) is 5.91 Å². The first-order valence-corrected chi connectivity index (χ1v) is 8.88. The van der Waals surface area contributed by atoms with Gasteiger partial charge in [0.05, 0.1) is 0 Å². The highest BCUT2D eigenvalue weighted by Crippen LogP contribution is 2.12. The Balaban J connectivity index is 1.69. The number of hydrogen-bond donors (Lipinski definition) is 1. The van der Waals surface area contributed by atoms with Crippen molar-refractivity contribution >= 4 is 5.91 Å². The van der Waals surface area contributed by atoms with Crippen LogP contribution >= 0.6 is 0 Å². The molecule has 126 valence electrons. The minimum Gasteiger partial charge on any atom is -0.349 e. The van der Waals surface area contributed by atoms with Crippen LogP contribution in [0.15, 0.2) is 42.5 Å². The molecule has 1 atom stereocenters. The van der Waals surface area contributed by atoms with E-state index in [4.69, 9.17) is 0 Å². The Hall–Kier alpha value is -1.61. The van der Waals surface area contributed by atoms with Crippen LogP contribution in [0.2, 0.25) is 0 Å². The Morgan fingerprint density at radius 2 is 2.13 bits per heavy atom. The molecule has 3 heteroatoms. The summed E-state index contributed by atoms with van der Waals surface area (Å²) in [6.07, 6.45) is 8.21. The van der Waals surface area contributed by atoms with Gasteiger partial charge in [0.1, 0.15) is 0 Å². The largest absolute Gasteiger partial charge is 0.349 e. The number of hydrogen-bond acceptors (Lipinski definition) is 2. The van der Waals surface area contributed by atoms with Crippen LogP contribution in [0.4, 0.5) is 0 Å². The third-order valence-corrected chi connectivity index (χ3v) is 4.27.